The summed E-state index contributed by atoms with van der Waals surface area (Å²) in [7, 11) is 0. The Morgan fingerprint density at radius 2 is 2.06 bits per heavy atom. The van der Waals surface area contributed by atoms with E-state index in [-0.39, 0.29) is 23.7 Å². The predicted octanol–water partition coefficient (Wildman–Crippen LogP) is 4.35. The maximum Gasteiger partial charge on any atom is 0.573 e. The highest BCUT2D eigenvalue weighted by molar-refractivity contribution is 9.10. The fourth-order valence-electron chi connectivity index (χ4n) is 1.33. The monoisotopic (exact) mass is 345 g/mol. The molecule has 102 valence electrons. The van der Waals surface area contributed by atoms with Crippen LogP contribution in [0.25, 0.3) is 0 Å². The molecule has 0 aliphatic rings. The summed E-state index contributed by atoms with van der Waals surface area (Å²) in [6.45, 7) is 3.50. The number of hydrogen-bond donors (Lipinski definition) is 1. The highest BCUT2D eigenvalue weighted by Gasteiger charge is 2.32. The van der Waals surface area contributed by atoms with Crippen molar-refractivity contribution in [3.05, 3.63) is 40.9 Å². The van der Waals surface area contributed by atoms with Gasteiger partial charge in [0.05, 0.1) is 0 Å². The molecule has 0 bridgehead atoms. The Hall–Kier alpha value is -0.720. The third-order valence-electron chi connectivity index (χ3n) is 2.02. The second-order valence-corrected chi connectivity index (χ2v) is 4.28. The van der Waals surface area contributed by atoms with Crippen LogP contribution in [0.5, 0.6) is 5.75 Å². The molecular weight excluding hydrogens is 334 g/mol. The van der Waals surface area contributed by atoms with E-state index >= 15 is 0 Å². The smallest absolute Gasteiger partial charge is 0.405 e. The van der Waals surface area contributed by atoms with E-state index in [4.69, 9.17) is 5.73 Å². The van der Waals surface area contributed by atoms with E-state index in [9.17, 15) is 13.2 Å². The van der Waals surface area contributed by atoms with Crippen LogP contribution >= 0.6 is 28.3 Å². The molecule has 18 heavy (non-hydrogen) atoms. The Morgan fingerprint density at radius 3 is 2.56 bits per heavy atom. The third-order valence-corrected chi connectivity index (χ3v) is 2.51. The first-order chi connectivity index (χ1) is 7.83. The summed E-state index contributed by atoms with van der Waals surface area (Å²) in [6.07, 6.45) is -2.82. The Kier molecular flexibility index (Phi) is 6.73. The van der Waals surface area contributed by atoms with Crippen molar-refractivity contribution in [2.24, 2.45) is 5.73 Å². The lowest BCUT2D eigenvalue weighted by molar-refractivity contribution is -0.275. The molecule has 1 rings (SSSR count). The quantitative estimate of drug-likeness (QED) is 0.823. The number of benzene rings is 1. The fraction of sp³-hybridized carbons (Fsp3) is 0.273. The van der Waals surface area contributed by atoms with Crippen LogP contribution in [-0.2, 0) is 0 Å². The van der Waals surface area contributed by atoms with Crippen LogP contribution in [0.2, 0.25) is 0 Å². The number of alkyl halides is 3. The Morgan fingerprint density at radius 1 is 1.44 bits per heavy atom. The summed E-state index contributed by atoms with van der Waals surface area (Å²) >= 11 is 3.18. The largest absolute Gasteiger partial charge is 0.573 e. The van der Waals surface area contributed by atoms with Crippen LogP contribution in [0.15, 0.2) is 35.3 Å². The third kappa shape index (κ3) is 5.29. The summed E-state index contributed by atoms with van der Waals surface area (Å²) in [5.74, 6) is -0.282. The average molecular weight is 347 g/mol. The Bertz CT molecular complexity index is 412. The van der Waals surface area contributed by atoms with Gasteiger partial charge in [0.15, 0.2) is 0 Å². The fourth-order valence-corrected chi connectivity index (χ4v) is 1.71. The summed E-state index contributed by atoms with van der Waals surface area (Å²) in [5.41, 5.74) is 6.04. The Balaban J connectivity index is 0.00000289. The van der Waals surface area contributed by atoms with Crippen molar-refractivity contribution in [2.45, 2.75) is 18.8 Å². The van der Waals surface area contributed by atoms with Crippen LogP contribution in [0.4, 0.5) is 13.2 Å². The molecule has 1 aromatic carbocycles. The molecule has 0 unspecified atom stereocenters. The number of rotatable bonds is 4. The number of hydrogen-bond acceptors (Lipinski definition) is 2. The maximum atomic E-state index is 12.2. The van der Waals surface area contributed by atoms with Gasteiger partial charge in [0.25, 0.3) is 0 Å². The molecular formula is C11H12BrClF3NO. The molecule has 0 amide bonds. The lowest BCUT2D eigenvalue weighted by atomic mass is 10.0. The standard InChI is InChI=1S/C11H11BrF3NO.ClH/c1-2-3-9(16)8-6-7(12)4-5-10(8)17-11(13,14)15;/h2,4-6,9H,1,3,16H2;1H/t9-;/m1./s1. The van der Waals surface area contributed by atoms with Gasteiger partial charge in [-0.1, -0.05) is 22.0 Å². The van der Waals surface area contributed by atoms with Gasteiger partial charge >= 0.3 is 6.36 Å². The highest BCUT2D eigenvalue weighted by atomic mass is 79.9. The molecule has 2 N–H and O–H groups in total. The van der Waals surface area contributed by atoms with Gasteiger partial charge < -0.3 is 10.5 Å². The van der Waals surface area contributed by atoms with Crippen molar-refractivity contribution in [3.63, 3.8) is 0 Å². The van der Waals surface area contributed by atoms with E-state index in [1.807, 2.05) is 0 Å². The van der Waals surface area contributed by atoms with Crippen molar-refractivity contribution < 1.29 is 17.9 Å². The average Bonchev–Trinajstić information content (AvgIpc) is 2.19. The van der Waals surface area contributed by atoms with Crippen molar-refractivity contribution in [1.29, 1.82) is 0 Å². The molecule has 1 aromatic rings. The predicted molar refractivity (Wildman–Crippen MR) is 69.8 cm³/mol. The lowest BCUT2D eigenvalue weighted by Gasteiger charge is -2.17. The van der Waals surface area contributed by atoms with E-state index in [1.165, 1.54) is 18.2 Å². The molecule has 0 spiro atoms. The SMILES string of the molecule is C=CC[C@@H](N)c1cc(Br)ccc1OC(F)(F)F.Cl. The molecule has 2 nitrogen and oxygen atoms in total. The molecule has 0 aliphatic carbocycles. The zero-order valence-corrected chi connectivity index (χ0v) is 11.6. The van der Waals surface area contributed by atoms with Crippen LogP contribution in [0.1, 0.15) is 18.0 Å². The van der Waals surface area contributed by atoms with E-state index in [1.54, 1.807) is 6.08 Å². The molecule has 0 radical (unpaired) electrons. The van der Waals surface area contributed by atoms with Crippen molar-refractivity contribution in [1.82, 2.24) is 0 Å². The summed E-state index contributed by atoms with van der Waals surface area (Å²) in [4.78, 5) is 0. The first-order valence-corrected chi connectivity index (χ1v) is 5.54. The van der Waals surface area contributed by atoms with Crippen LogP contribution in [0, 0.1) is 0 Å². The maximum absolute atomic E-state index is 12.2. The summed E-state index contributed by atoms with van der Waals surface area (Å²) in [6, 6.07) is 3.62. The van der Waals surface area contributed by atoms with Gasteiger partial charge in [-0.15, -0.1) is 32.2 Å². The second-order valence-electron chi connectivity index (χ2n) is 3.36. The number of ether oxygens (including phenoxy) is 1. The first kappa shape index (κ1) is 17.3. The normalized spacial score (nSPS) is 12.5. The highest BCUT2D eigenvalue weighted by Crippen LogP contribution is 2.32. The van der Waals surface area contributed by atoms with E-state index < -0.39 is 12.4 Å². The van der Waals surface area contributed by atoms with E-state index in [0.29, 0.717) is 10.9 Å². The number of nitrogens with two attached hydrogens (primary N) is 1. The Labute approximate surface area is 118 Å². The van der Waals surface area contributed by atoms with Crippen molar-refractivity contribution in [3.8, 4) is 5.75 Å². The summed E-state index contributed by atoms with van der Waals surface area (Å²) < 4.78 is 41.1. The molecule has 0 aliphatic heterocycles. The van der Waals surface area contributed by atoms with Crippen molar-refractivity contribution in [2.75, 3.05) is 0 Å². The molecule has 0 saturated carbocycles. The zero-order valence-electron chi connectivity index (χ0n) is 9.21. The zero-order chi connectivity index (χ0) is 13.1. The van der Waals surface area contributed by atoms with Gasteiger partial charge in [-0.25, -0.2) is 0 Å². The van der Waals surface area contributed by atoms with Crippen molar-refractivity contribution >= 4 is 28.3 Å². The number of halogens is 5. The molecule has 0 aromatic heterocycles. The van der Waals surface area contributed by atoms with E-state index in [0.717, 1.165) is 0 Å². The van der Waals surface area contributed by atoms with Gasteiger partial charge in [-0.2, -0.15) is 0 Å². The minimum atomic E-state index is -4.73. The molecule has 0 saturated heterocycles. The topological polar surface area (TPSA) is 35.2 Å². The lowest BCUT2D eigenvalue weighted by Crippen LogP contribution is -2.20. The molecule has 0 fully saturated rings. The van der Waals surface area contributed by atoms with Crippen LogP contribution in [0.3, 0.4) is 0 Å². The molecule has 0 heterocycles. The van der Waals surface area contributed by atoms with Gasteiger partial charge in [0, 0.05) is 16.1 Å². The van der Waals surface area contributed by atoms with Gasteiger partial charge in [-0.3, -0.25) is 0 Å². The van der Waals surface area contributed by atoms with Crippen LogP contribution in [-0.4, -0.2) is 6.36 Å². The van der Waals surface area contributed by atoms with Gasteiger partial charge in [0.2, 0.25) is 0 Å². The minimum Gasteiger partial charge on any atom is -0.405 e. The van der Waals surface area contributed by atoms with E-state index in [2.05, 4.69) is 27.2 Å². The second kappa shape index (κ2) is 7.01. The van der Waals surface area contributed by atoms with Gasteiger partial charge in [-0.05, 0) is 24.6 Å². The first-order valence-electron chi connectivity index (χ1n) is 4.75. The van der Waals surface area contributed by atoms with Crippen LogP contribution < -0.4 is 10.5 Å². The minimum absolute atomic E-state index is 0. The molecule has 1 atom stereocenters. The molecule has 7 heteroatoms. The summed E-state index contributed by atoms with van der Waals surface area (Å²) in [5, 5.41) is 0. The van der Waals surface area contributed by atoms with Gasteiger partial charge in [0.1, 0.15) is 5.75 Å².